The van der Waals surface area contributed by atoms with Crippen LogP contribution in [0.3, 0.4) is 0 Å². The molecule has 19 heavy (non-hydrogen) atoms. The maximum absolute atomic E-state index is 9.04. The lowest BCUT2D eigenvalue weighted by Gasteiger charge is -2.24. The Labute approximate surface area is 113 Å². The average Bonchev–Trinajstić information content (AvgIpc) is 2.90. The lowest BCUT2D eigenvalue weighted by molar-refractivity contribution is 0.174. The Balaban J connectivity index is 2.08. The molecule has 5 nitrogen and oxygen atoms in total. The van der Waals surface area contributed by atoms with Crippen LogP contribution in [-0.2, 0) is 0 Å². The van der Waals surface area contributed by atoms with Crippen molar-refractivity contribution in [1.29, 1.82) is 0 Å². The van der Waals surface area contributed by atoms with Gasteiger partial charge >= 0.3 is 0 Å². The second-order valence-electron chi connectivity index (χ2n) is 4.69. The lowest BCUT2D eigenvalue weighted by Crippen LogP contribution is -2.37. The summed E-state index contributed by atoms with van der Waals surface area (Å²) in [6.07, 6.45) is 1.69. The van der Waals surface area contributed by atoms with Crippen LogP contribution in [0.2, 0.25) is 0 Å². The van der Waals surface area contributed by atoms with Crippen molar-refractivity contribution < 1.29 is 14.6 Å². The van der Waals surface area contributed by atoms with E-state index in [0.29, 0.717) is 6.54 Å². The first-order valence-corrected chi connectivity index (χ1v) is 6.75. The van der Waals surface area contributed by atoms with Crippen LogP contribution in [0.4, 0.5) is 0 Å². The van der Waals surface area contributed by atoms with Gasteiger partial charge in [-0.2, -0.15) is 0 Å². The maximum Gasteiger partial charge on any atom is 0.231 e. The van der Waals surface area contributed by atoms with Crippen molar-refractivity contribution in [1.82, 2.24) is 5.32 Å². The van der Waals surface area contributed by atoms with E-state index in [1.807, 2.05) is 18.2 Å². The second-order valence-corrected chi connectivity index (χ2v) is 4.69. The zero-order valence-corrected chi connectivity index (χ0v) is 11.3. The van der Waals surface area contributed by atoms with Crippen molar-refractivity contribution in [2.75, 3.05) is 19.9 Å². The van der Waals surface area contributed by atoms with E-state index in [4.69, 9.17) is 20.3 Å². The third kappa shape index (κ3) is 3.37. The Bertz CT molecular complexity index is 412. The number of hydrogen-bond donors (Lipinski definition) is 3. The third-order valence-corrected chi connectivity index (χ3v) is 3.44. The number of nitrogens with two attached hydrogens (primary N) is 1. The molecule has 0 saturated heterocycles. The van der Waals surface area contributed by atoms with E-state index in [2.05, 4.69) is 12.2 Å². The van der Waals surface area contributed by atoms with Crippen LogP contribution >= 0.6 is 0 Å². The molecule has 0 bridgehead atoms. The quantitative estimate of drug-likeness (QED) is 0.690. The molecule has 0 spiro atoms. The van der Waals surface area contributed by atoms with Gasteiger partial charge in [-0.1, -0.05) is 13.0 Å². The molecule has 2 rings (SSSR count). The summed E-state index contributed by atoms with van der Waals surface area (Å²) >= 11 is 0. The van der Waals surface area contributed by atoms with E-state index in [1.165, 1.54) is 0 Å². The number of benzene rings is 1. The van der Waals surface area contributed by atoms with Crippen LogP contribution in [0, 0.1) is 0 Å². The van der Waals surface area contributed by atoms with Crippen molar-refractivity contribution in [3.05, 3.63) is 23.8 Å². The molecule has 106 valence electrons. The van der Waals surface area contributed by atoms with Gasteiger partial charge in [-0.05, 0) is 30.5 Å². The molecule has 0 aliphatic carbocycles. The first-order chi connectivity index (χ1) is 9.28. The van der Waals surface area contributed by atoms with Gasteiger partial charge in [-0.15, -0.1) is 0 Å². The molecule has 1 aliphatic rings. The fourth-order valence-corrected chi connectivity index (χ4v) is 2.28. The summed E-state index contributed by atoms with van der Waals surface area (Å²) in [7, 11) is 0. The van der Waals surface area contributed by atoms with Crippen LogP contribution in [0.1, 0.15) is 31.4 Å². The molecule has 2 unspecified atom stereocenters. The molecule has 1 aromatic carbocycles. The number of ether oxygens (including phenoxy) is 2. The van der Waals surface area contributed by atoms with E-state index in [1.54, 1.807) is 0 Å². The average molecular weight is 266 g/mol. The van der Waals surface area contributed by atoms with Crippen molar-refractivity contribution in [2.24, 2.45) is 5.73 Å². The Hall–Kier alpha value is -1.30. The molecular weight excluding hydrogens is 244 g/mol. The minimum atomic E-state index is 0.0611. The minimum absolute atomic E-state index is 0.0611. The summed E-state index contributed by atoms with van der Waals surface area (Å²) in [6, 6.07) is 6.21. The molecule has 0 aromatic heterocycles. The SMILES string of the molecule is CCC(CCO)NC(CN)c1ccc2c(c1)OCO2. The van der Waals surface area contributed by atoms with Crippen molar-refractivity contribution in [2.45, 2.75) is 31.8 Å². The van der Waals surface area contributed by atoms with Gasteiger partial charge in [0.15, 0.2) is 11.5 Å². The van der Waals surface area contributed by atoms with E-state index < -0.39 is 0 Å². The van der Waals surface area contributed by atoms with Gasteiger partial charge in [-0.3, -0.25) is 0 Å². The zero-order valence-electron chi connectivity index (χ0n) is 11.3. The molecule has 0 saturated carbocycles. The van der Waals surface area contributed by atoms with Gasteiger partial charge in [0.25, 0.3) is 0 Å². The first-order valence-electron chi connectivity index (χ1n) is 6.75. The standard InChI is InChI=1S/C14H22N2O3/c1-2-11(5-6-17)16-12(8-15)10-3-4-13-14(7-10)19-9-18-13/h3-4,7,11-12,16-17H,2,5-6,8-9,15H2,1H3. The first kappa shape index (κ1) is 14.1. The smallest absolute Gasteiger partial charge is 0.231 e. The number of fused-ring (bicyclic) bond motifs is 1. The molecule has 0 amide bonds. The normalized spacial score (nSPS) is 16.4. The Morgan fingerprint density at radius 2 is 2.16 bits per heavy atom. The fraction of sp³-hybridized carbons (Fsp3) is 0.571. The summed E-state index contributed by atoms with van der Waals surface area (Å²) in [5.74, 6) is 1.55. The van der Waals surface area contributed by atoms with Gasteiger partial charge in [0.1, 0.15) is 0 Å². The molecule has 1 aromatic rings. The van der Waals surface area contributed by atoms with Crippen molar-refractivity contribution in [3.63, 3.8) is 0 Å². The highest BCUT2D eigenvalue weighted by molar-refractivity contribution is 5.45. The van der Waals surface area contributed by atoms with E-state index in [0.717, 1.165) is 29.9 Å². The highest BCUT2D eigenvalue weighted by Gasteiger charge is 2.19. The Morgan fingerprint density at radius 1 is 1.37 bits per heavy atom. The molecule has 1 heterocycles. The monoisotopic (exact) mass is 266 g/mol. The summed E-state index contributed by atoms with van der Waals surface area (Å²) in [5.41, 5.74) is 6.94. The van der Waals surface area contributed by atoms with Crippen LogP contribution < -0.4 is 20.5 Å². The zero-order chi connectivity index (χ0) is 13.7. The minimum Gasteiger partial charge on any atom is -0.454 e. The maximum atomic E-state index is 9.04. The number of aliphatic hydroxyl groups excluding tert-OH is 1. The molecule has 5 heteroatoms. The van der Waals surface area contributed by atoms with Gasteiger partial charge in [-0.25, -0.2) is 0 Å². The van der Waals surface area contributed by atoms with E-state index >= 15 is 0 Å². The summed E-state index contributed by atoms with van der Waals surface area (Å²) in [6.45, 7) is 3.06. The van der Waals surface area contributed by atoms with Crippen LogP contribution in [-0.4, -0.2) is 31.1 Å². The largest absolute Gasteiger partial charge is 0.454 e. The van der Waals surface area contributed by atoms with Gasteiger partial charge in [0.2, 0.25) is 6.79 Å². The third-order valence-electron chi connectivity index (χ3n) is 3.44. The van der Waals surface area contributed by atoms with Gasteiger partial charge in [0, 0.05) is 25.2 Å². The van der Waals surface area contributed by atoms with E-state index in [9.17, 15) is 0 Å². The molecule has 0 radical (unpaired) electrons. The highest BCUT2D eigenvalue weighted by Crippen LogP contribution is 2.34. The number of nitrogens with one attached hydrogen (secondary N) is 1. The summed E-state index contributed by atoms with van der Waals surface area (Å²) in [5, 5.41) is 12.5. The predicted octanol–water partition coefficient (Wildman–Crippen LogP) is 1.17. The van der Waals surface area contributed by atoms with Crippen molar-refractivity contribution >= 4 is 0 Å². The molecule has 2 atom stereocenters. The Kier molecular flexibility index (Phi) is 5.01. The van der Waals surface area contributed by atoms with Gasteiger partial charge in [0.05, 0.1) is 0 Å². The summed E-state index contributed by atoms with van der Waals surface area (Å²) < 4.78 is 10.7. The van der Waals surface area contributed by atoms with Crippen molar-refractivity contribution in [3.8, 4) is 11.5 Å². The molecule has 4 N–H and O–H groups in total. The molecule has 0 fully saturated rings. The topological polar surface area (TPSA) is 76.7 Å². The van der Waals surface area contributed by atoms with Crippen LogP contribution in [0.5, 0.6) is 11.5 Å². The summed E-state index contributed by atoms with van der Waals surface area (Å²) in [4.78, 5) is 0. The van der Waals surface area contributed by atoms with Crippen LogP contribution in [0.15, 0.2) is 18.2 Å². The van der Waals surface area contributed by atoms with Crippen LogP contribution in [0.25, 0.3) is 0 Å². The fourth-order valence-electron chi connectivity index (χ4n) is 2.28. The Morgan fingerprint density at radius 3 is 2.84 bits per heavy atom. The highest BCUT2D eigenvalue weighted by atomic mass is 16.7. The second kappa shape index (κ2) is 6.75. The number of rotatable bonds is 7. The predicted molar refractivity (Wildman–Crippen MR) is 73.3 cm³/mol. The number of aliphatic hydroxyl groups is 1. The molecular formula is C14H22N2O3. The molecule has 1 aliphatic heterocycles. The van der Waals surface area contributed by atoms with E-state index in [-0.39, 0.29) is 25.5 Å². The lowest BCUT2D eigenvalue weighted by atomic mass is 10.0. The number of hydrogen-bond acceptors (Lipinski definition) is 5. The van der Waals surface area contributed by atoms with Gasteiger partial charge < -0.3 is 25.6 Å².